The molecule has 0 saturated heterocycles. The molecule has 1 aliphatic rings. The van der Waals surface area contributed by atoms with Gasteiger partial charge >= 0.3 is 0 Å². The highest BCUT2D eigenvalue weighted by atomic mass is 16.1. The summed E-state index contributed by atoms with van der Waals surface area (Å²) >= 11 is 0. The maximum atomic E-state index is 11.1. The number of anilines is 1. The molecule has 110 valence electrons. The van der Waals surface area contributed by atoms with E-state index < -0.39 is 5.91 Å². The highest BCUT2D eigenvalue weighted by Crippen LogP contribution is 2.38. The fourth-order valence-electron chi connectivity index (χ4n) is 2.02. The molecule has 1 fully saturated rings. The van der Waals surface area contributed by atoms with Gasteiger partial charge in [0, 0.05) is 24.7 Å². The van der Waals surface area contributed by atoms with Crippen molar-refractivity contribution in [3.63, 3.8) is 0 Å². The lowest BCUT2D eigenvalue weighted by atomic mass is 10.3. The Morgan fingerprint density at radius 2 is 2.29 bits per heavy atom. The number of nitrogens with zero attached hydrogens (tertiary/aromatic N) is 4. The number of carbonyl (C=O) groups excluding carboxylic acids is 1. The summed E-state index contributed by atoms with van der Waals surface area (Å²) in [4.78, 5) is 20.2. The van der Waals surface area contributed by atoms with Gasteiger partial charge in [0.25, 0.3) is 5.91 Å². The summed E-state index contributed by atoms with van der Waals surface area (Å²) in [7, 11) is 0. The number of aromatic nitrogens is 4. The second-order valence-corrected chi connectivity index (χ2v) is 5.18. The number of amides is 1. The van der Waals surface area contributed by atoms with Crippen molar-refractivity contribution in [2.45, 2.75) is 32.1 Å². The fraction of sp³-hybridized carbons (Fsp3) is 0.429. The standard InChI is InChI=1S/C14H18N6O/c1-2-6-16-11-8-12(18-14(17-11)9-3-4-9)20-7-5-10(19-20)13(15)21/h5,7-9H,2-4,6H2,1H3,(H2,15,21)(H,16,17,18). The SMILES string of the molecule is CCCNc1cc(-n2ccc(C(N)=O)n2)nc(C2CC2)n1. The molecule has 0 atom stereocenters. The van der Waals surface area contributed by atoms with Gasteiger partial charge in [0.2, 0.25) is 0 Å². The van der Waals surface area contributed by atoms with Crippen molar-refractivity contribution >= 4 is 11.7 Å². The van der Waals surface area contributed by atoms with Gasteiger partial charge in [-0.05, 0) is 25.3 Å². The molecule has 2 aromatic heterocycles. The first-order valence-corrected chi connectivity index (χ1v) is 7.16. The number of hydrogen-bond donors (Lipinski definition) is 2. The quantitative estimate of drug-likeness (QED) is 0.837. The zero-order valence-corrected chi connectivity index (χ0v) is 11.9. The van der Waals surface area contributed by atoms with Gasteiger partial charge in [0.1, 0.15) is 17.3 Å². The van der Waals surface area contributed by atoms with Gasteiger partial charge < -0.3 is 11.1 Å². The van der Waals surface area contributed by atoms with Crippen LogP contribution in [0.25, 0.3) is 5.82 Å². The molecule has 0 bridgehead atoms. The molecular formula is C14H18N6O. The number of nitrogens with two attached hydrogens (primary N) is 1. The van der Waals surface area contributed by atoms with Gasteiger partial charge in [-0.3, -0.25) is 4.79 Å². The van der Waals surface area contributed by atoms with Crippen LogP contribution in [0.2, 0.25) is 0 Å². The van der Waals surface area contributed by atoms with Gasteiger partial charge in [0.15, 0.2) is 5.82 Å². The van der Waals surface area contributed by atoms with E-state index in [1.54, 1.807) is 16.9 Å². The smallest absolute Gasteiger partial charge is 0.269 e. The van der Waals surface area contributed by atoms with Crippen LogP contribution in [0.4, 0.5) is 5.82 Å². The van der Waals surface area contributed by atoms with Crippen LogP contribution in [0.5, 0.6) is 0 Å². The van der Waals surface area contributed by atoms with Crippen LogP contribution in [0.15, 0.2) is 18.3 Å². The van der Waals surface area contributed by atoms with Crippen LogP contribution in [0, 0.1) is 0 Å². The molecule has 3 N–H and O–H groups in total. The van der Waals surface area contributed by atoms with Crippen molar-refractivity contribution in [2.75, 3.05) is 11.9 Å². The lowest BCUT2D eigenvalue weighted by Gasteiger charge is -2.09. The summed E-state index contributed by atoms with van der Waals surface area (Å²) in [5.74, 6) is 2.17. The number of carbonyl (C=O) groups is 1. The molecule has 1 amide bonds. The Kier molecular flexibility index (Phi) is 3.55. The second-order valence-electron chi connectivity index (χ2n) is 5.18. The summed E-state index contributed by atoms with van der Waals surface area (Å²) < 4.78 is 1.56. The van der Waals surface area contributed by atoms with E-state index in [1.165, 1.54) is 0 Å². The minimum absolute atomic E-state index is 0.227. The molecule has 0 unspecified atom stereocenters. The zero-order chi connectivity index (χ0) is 14.8. The molecule has 0 radical (unpaired) electrons. The van der Waals surface area contributed by atoms with Crippen LogP contribution in [-0.2, 0) is 0 Å². The Morgan fingerprint density at radius 3 is 2.90 bits per heavy atom. The third kappa shape index (κ3) is 3.01. The first-order valence-electron chi connectivity index (χ1n) is 7.16. The predicted molar refractivity (Wildman–Crippen MR) is 78.4 cm³/mol. The van der Waals surface area contributed by atoms with E-state index in [4.69, 9.17) is 5.73 Å². The molecule has 2 heterocycles. The maximum absolute atomic E-state index is 11.1. The number of nitrogens with one attached hydrogen (secondary N) is 1. The van der Waals surface area contributed by atoms with Crippen LogP contribution in [0.3, 0.4) is 0 Å². The molecule has 7 nitrogen and oxygen atoms in total. The van der Waals surface area contributed by atoms with Crippen LogP contribution in [0.1, 0.15) is 48.4 Å². The Labute approximate surface area is 122 Å². The van der Waals surface area contributed by atoms with Gasteiger partial charge in [-0.25, -0.2) is 14.6 Å². The summed E-state index contributed by atoms with van der Waals surface area (Å²) in [6.45, 7) is 2.95. The largest absolute Gasteiger partial charge is 0.370 e. The molecular weight excluding hydrogens is 268 g/mol. The zero-order valence-electron chi connectivity index (χ0n) is 11.9. The molecule has 0 aromatic carbocycles. The first kappa shape index (κ1) is 13.5. The third-order valence-electron chi connectivity index (χ3n) is 3.30. The van der Waals surface area contributed by atoms with Crippen molar-refractivity contribution in [1.29, 1.82) is 0 Å². The summed E-state index contributed by atoms with van der Waals surface area (Å²) in [5, 5.41) is 7.42. The molecule has 2 aromatic rings. The number of primary amides is 1. The van der Waals surface area contributed by atoms with E-state index in [2.05, 4.69) is 27.3 Å². The number of rotatable bonds is 6. The Morgan fingerprint density at radius 1 is 1.48 bits per heavy atom. The van der Waals surface area contributed by atoms with Gasteiger partial charge in [0.05, 0.1) is 0 Å². The van der Waals surface area contributed by atoms with E-state index in [0.717, 1.165) is 37.4 Å². The average molecular weight is 286 g/mol. The van der Waals surface area contributed by atoms with Gasteiger partial charge in [-0.2, -0.15) is 5.10 Å². The Balaban J connectivity index is 1.95. The van der Waals surface area contributed by atoms with E-state index in [1.807, 2.05) is 6.07 Å². The molecule has 0 aliphatic heterocycles. The second kappa shape index (κ2) is 5.51. The normalized spacial score (nSPS) is 14.1. The van der Waals surface area contributed by atoms with Crippen LogP contribution < -0.4 is 11.1 Å². The van der Waals surface area contributed by atoms with Crippen LogP contribution >= 0.6 is 0 Å². The Bertz CT molecular complexity index is 661. The van der Waals surface area contributed by atoms with E-state index >= 15 is 0 Å². The fourth-order valence-corrected chi connectivity index (χ4v) is 2.02. The van der Waals surface area contributed by atoms with Gasteiger partial charge in [-0.15, -0.1) is 0 Å². The summed E-state index contributed by atoms with van der Waals surface area (Å²) in [5.41, 5.74) is 5.46. The van der Waals surface area contributed by atoms with Crippen molar-refractivity contribution in [3.05, 3.63) is 29.8 Å². The minimum atomic E-state index is -0.547. The topological polar surface area (TPSA) is 98.7 Å². The highest BCUT2D eigenvalue weighted by molar-refractivity contribution is 5.90. The summed E-state index contributed by atoms with van der Waals surface area (Å²) in [6.07, 6.45) is 4.96. The molecule has 3 rings (SSSR count). The predicted octanol–water partition coefficient (Wildman–Crippen LogP) is 1.46. The van der Waals surface area contributed by atoms with Crippen molar-refractivity contribution in [3.8, 4) is 5.82 Å². The van der Waals surface area contributed by atoms with Crippen molar-refractivity contribution < 1.29 is 4.79 Å². The minimum Gasteiger partial charge on any atom is -0.370 e. The molecule has 21 heavy (non-hydrogen) atoms. The third-order valence-corrected chi connectivity index (χ3v) is 3.30. The van der Waals surface area contributed by atoms with E-state index in [9.17, 15) is 4.79 Å². The molecule has 1 aliphatic carbocycles. The lowest BCUT2D eigenvalue weighted by Crippen LogP contribution is -2.13. The van der Waals surface area contributed by atoms with E-state index in [0.29, 0.717) is 11.7 Å². The lowest BCUT2D eigenvalue weighted by molar-refractivity contribution is 0.0995. The monoisotopic (exact) mass is 286 g/mol. The van der Waals surface area contributed by atoms with Crippen molar-refractivity contribution in [1.82, 2.24) is 19.7 Å². The number of hydrogen-bond acceptors (Lipinski definition) is 5. The first-order chi connectivity index (χ1) is 10.2. The summed E-state index contributed by atoms with van der Waals surface area (Å²) in [6, 6.07) is 3.42. The Hall–Kier alpha value is -2.44. The molecule has 1 saturated carbocycles. The van der Waals surface area contributed by atoms with Crippen LogP contribution in [-0.4, -0.2) is 32.2 Å². The van der Waals surface area contributed by atoms with Gasteiger partial charge in [-0.1, -0.05) is 6.92 Å². The molecule has 7 heteroatoms. The average Bonchev–Trinajstić information content (AvgIpc) is 3.21. The highest BCUT2D eigenvalue weighted by Gasteiger charge is 2.27. The van der Waals surface area contributed by atoms with E-state index in [-0.39, 0.29) is 5.69 Å². The molecule has 0 spiro atoms. The van der Waals surface area contributed by atoms with Crippen molar-refractivity contribution in [2.24, 2.45) is 5.73 Å². The maximum Gasteiger partial charge on any atom is 0.269 e.